The van der Waals surface area contributed by atoms with Gasteiger partial charge in [0.05, 0.1) is 6.04 Å². The van der Waals surface area contributed by atoms with E-state index in [1.165, 1.54) is 4.90 Å². The van der Waals surface area contributed by atoms with Gasteiger partial charge >= 0.3 is 5.97 Å². The smallest absolute Gasteiger partial charge is 0.326 e. The van der Waals surface area contributed by atoms with Crippen LogP contribution < -0.4 is 5.32 Å². The second-order valence-corrected chi connectivity index (χ2v) is 4.18. The Hall–Kier alpha value is -1.10. The lowest BCUT2D eigenvalue weighted by molar-refractivity contribution is -0.148. The van der Waals surface area contributed by atoms with Crippen molar-refractivity contribution in [2.75, 3.05) is 13.1 Å². The molecule has 5 nitrogen and oxygen atoms in total. The lowest BCUT2D eigenvalue weighted by atomic mass is 10.1. The highest BCUT2D eigenvalue weighted by Gasteiger charge is 2.37. The van der Waals surface area contributed by atoms with Gasteiger partial charge in [-0.25, -0.2) is 4.79 Å². The highest BCUT2D eigenvalue weighted by Crippen LogP contribution is 2.20. The zero-order valence-corrected chi connectivity index (χ0v) is 8.61. The number of amides is 1. The third-order valence-electron chi connectivity index (χ3n) is 3.18. The fraction of sp³-hybridized carbons (Fsp3) is 0.800. The molecule has 1 amide bonds. The molecule has 0 aliphatic carbocycles. The first-order valence-electron chi connectivity index (χ1n) is 5.47. The predicted molar refractivity (Wildman–Crippen MR) is 53.4 cm³/mol. The van der Waals surface area contributed by atoms with Crippen LogP contribution in [0, 0.1) is 0 Å². The van der Waals surface area contributed by atoms with E-state index in [4.69, 9.17) is 5.11 Å². The largest absolute Gasteiger partial charge is 0.480 e. The third-order valence-corrected chi connectivity index (χ3v) is 3.18. The standard InChI is InChI=1S/C10H16N2O3/c13-9(7-3-1-5-11-7)12-6-2-4-8(12)10(14)15/h7-8,11H,1-6H2,(H,14,15)/t7?,8-/m0/s1. The summed E-state index contributed by atoms with van der Waals surface area (Å²) >= 11 is 0. The zero-order valence-electron chi connectivity index (χ0n) is 8.61. The Kier molecular flexibility index (Phi) is 2.90. The molecule has 15 heavy (non-hydrogen) atoms. The Morgan fingerprint density at radius 2 is 2.07 bits per heavy atom. The van der Waals surface area contributed by atoms with Crippen LogP contribution in [0.4, 0.5) is 0 Å². The van der Waals surface area contributed by atoms with Crippen LogP contribution in [0.2, 0.25) is 0 Å². The number of carboxylic acid groups (broad SMARTS) is 1. The second-order valence-electron chi connectivity index (χ2n) is 4.18. The van der Waals surface area contributed by atoms with E-state index < -0.39 is 12.0 Å². The van der Waals surface area contributed by atoms with Gasteiger partial charge < -0.3 is 15.3 Å². The number of aliphatic carboxylic acids is 1. The fourth-order valence-corrected chi connectivity index (χ4v) is 2.38. The highest BCUT2D eigenvalue weighted by molar-refractivity contribution is 5.87. The van der Waals surface area contributed by atoms with E-state index in [-0.39, 0.29) is 11.9 Å². The van der Waals surface area contributed by atoms with Crippen LogP contribution in [0.3, 0.4) is 0 Å². The monoisotopic (exact) mass is 212 g/mol. The molecular weight excluding hydrogens is 196 g/mol. The number of hydrogen-bond donors (Lipinski definition) is 2. The average Bonchev–Trinajstić information content (AvgIpc) is 2.88. The van der Waals surface area contributed by atoms with Gasteiger partial charge in [-0.3, -0.25) is 4.79 Å². The molecule has 0 aromatic carbocycles. The number of likely N-dealkylation sites (tertiary alicyclic amines) is 1. The normalized spacial score (nSPS) is 30.8. The van der Waals surface area contributed by atoms with Crippen molar-refractivity contribution in [3.05, 3.63) is 0 Å². The predicted octanol–water partition coefficient (Wildman–Crippen LogP) is -0.186. The molecule has 2 atom stereocenters. The first kappa shape index (κ1) is 10.4. The first-order chi connectivity index (χ1) is 7.20. The summed E-state index contributed by atoms with van der Waals surface area (Å²) in [6.07, 6.45) is 3.23. The van der Waals surface area contributed by atoms with Crippen LogP contribution in [0.5, 0.6) is 0 Å². The molecular formula is C10H16N2O3. The SMILES string of the molecule is O=C(O)[C@@H]1CCCN1C(=O)C1CCCN1. The van der Waals surface area contributed by atoms with Crippen molar-refractivity contribution >= 4 is 11.9 Å². The van der Waals surface area contributed by atoms with Crippen LogP contribution in [0.15, 0.2) is 0 Å². The van der Waals surface area contributed by atoms with Crippen molar-refractivity contribution in [3.63, 3.8) is 0 Å². The number of carboxylic acids is 1. The summed E-state index contributed by atoms with van der Waals surface area (Å²) in [6.45, 7) is 1.45. The van der Waals surface area contributed by atoms with E-state index in [0.717, 1.165) is 25.8 Å². The van der Waals surface area contributed by atoms with E-state index >= 15 is 0 Å². The fourth-order valence-electron chi connectivity index (χ4n) is 2.38. The van der Waals surface area contributed by atoms with Gasteiger partial charge in [0, 0.05) is 6.54 Å². The summed E-state index contributed by atoms with van der Waals surface area (Å²) in [5.74, 6) is -0.906. The molecule has 2 saturated heterocycles. The van der Waals surface area contributed by atoms with Crippen molar-refractivity contribution in [2.24, 2.45) is 0 Å². The van der Waals surface area contributed by atoms with Crippen molar-refractivity contribution in [3.8, 4) is 0 Å². The maximum Gasteiger partial charge on any atom is 0.326 e. The van der Waals surface area contributed by atoms with E-state index in [9.17, 15) is 9.59 Å². The minimum atomic E-state index is -0.876. The number of rotatable bonds is 2. The summed E-state index contributed by atoms with van der Waals surface area (Å²) in [4.78, 5) is 24.4. The average molecular weight is 212 g/mol. The van der Waals surface area contributed by atoms with E-state index in [2.05, 4.69) is 5.32 Å². The summed E-state index contributed by atoms with van der Waals surface area (Å²) in [5, 5.41) is 12.1. The number of nitrogens with zero attached hydrogens (tertiary/aromatic N) is 1. The molecule has 2 aliphatic rings. The molecule has 0 saturated carbocycles. The number of carbonyl (C=O) groups is 2. The molecule has 0 aromatic rings. The van der Waals surface area contributed by atoms with Gasteiger partial charge in [0.15, 0.2) is 0 Å². The Bertz CT molecular complexity index is 274. The molecule has 0 aromatic heterocycles. The van der Waals surface area contributed by atoms with Gasteiger partial charge in [-0.15, -0.1) is 0 Å². The number of hydrogen-bond acceptors (Lipinski definition) is 3. The van der Waals surface area contributed by atoms with E-state index in [1.54, 1.807) is 0 Å². The molecule has 2 fully saturated rings. The zero-order chi connectivity index (χ0) is 10.8. The summed E-state index contributed by atoms with van der Waals surface area (Å²) in [5.41, 5.74) is 0. The Morgan fingerprint density at radius 1 is 1.27 bits per heavy atom. The van der Waals surface area contributed by atoms with Gasteiger partial charge in [-0.2, -0.15) is 0 Å². The molecule has 5 heteroatoms. The molecule has 0 radical (unpaired) electrons. The molecule has 84 valence electrons. The van der Waals surface area contributed by atoms with Crippen molar-refractivity contribution in [2.45, 2.75) is 37.8 Å². The Labute approximate surface area is 88.4 Å². The lowest BCUT2D eigenvalue weighted by Gasteiger charge is -2.24. The van der Waals surface area contributed by atoms with Crippen LogP contribution in [-0.2, 0) is 9.59 Å². The summed E-state index contributed by atoms with van der Waals surface area (Å²) < 4.78 is 0. The van der Waals surface area contributed by atoms with E-state index in [1.807, 2.05) is 0 Å². The maximum absolute atomic E-state index is 12.0. The van der Waals surface area contributed by atoms with Crippen molar-refractivity contribution in [1.29, 1.82) is 0 Å². The molecule has 0 spiro atoms. The van der Waals surface area contributed by atoms with Crippen LogP contribution >= 0.6 is 0 Å². The molecule has 2 rings (SSSR count). The minimum absolute atomic E-state index is 0.0302. The Morgan fingerprint density at radius 3 is 2.67 bits per heavy atom. The highest BCUT2D eigenvalue weighted by atomic mass is 16.4. The van der Waals surface area contributed by atoms with Crippen LogP contribution in [-0.4, -0.2) is 47.1 Å². The van der Waals surface area contributed by atoms with Gasteiger partial charge in [-0.05, 0) is 32.2 Å². The minimum Gasteiger partial charge on any atom is -0.480 e. The van der Waals surface area contributed by atoms with Gasteiger partial charge in [0.1, 0.15) is 6.04 Å². The topological polar surface area (TPSA) is 69.6 Å². The molecule has 2 N–H and O–H groups in total. The second kappa shape index (κ2) is 4.18. The molecule has 2 heterocycles. The van der Waals surface area contributed by atoms with Crippen LogP contribution in [0.1, 0.15) is 25.7 Å². The van der Waals surface area contributed by atoms with Crippen molar-refractivity contribution in [1.82, 2.24) is 10.2 Å². The first-order valence-corrected chi connectivity index (χ1v) is 5.47. The maximum atomic E-state index is 12.0. The number of carbonyl (C=O) groups excluding carboxylic acids is 1. The van der Waals surface area contributed by atoms with E-state index in [0.29, 0.717) is 13.0 Å². The third kappa shape index (κ3) is 1.97. The Balaban J connectivity index is 2.02. The summed E-state index contributed by atoms with van der Waals surface area (Å²) in [6, 6.07) is -0.746. The lowest BCUT2D eigenvalue weighted by Crippen LogP contribution is -2.48. The summed E-state index contributed by atoms with van der Waals surface area (Å²) in [7, 11) is 0. The van der Waals surface area contributed by atoms with Gasteiger partial charge in [0.2, 0.25) is 5.91 Å². The van der Waals surface area contributed by atoms with Crippen molar-refractivity contribution < 1.29 is 14.7 Å². The van der Waals surface area contributed by atoms with Crippen LogP contribution in [0.25, 0.3) is 0 Å². The molecule has 2 aliphatic heterocycles. The van der Waals surface area contributed by atoms with Gasteiger partial charge in [0.25, 0.3) is 0 Å². The molecule has 1 unspecified atom stereocenters. The quantitative estimate of drug-likeness (QED) is 0.666. The number of nitrogens with one attached hydrogen (secondary N) is 1. The van der Waals surface area contributed by atoms with Gasteiger partial charge in [-0.1, -0.05) is 0 Å². The molecule has 0 bridgehead atoms.